The van der Waals surface area contributed by atoms with Crippen LogP contribution >= 0.6 is 0 Å². The highest BCUT2D eigenvalue weighted by molar-refractivity contribution is 5.01. The first-order chi connectivity index (χ1) is 61.7. The van der Waals surface area contributed by atoms with Gasteiger partial charge in [0.25, 0.3) is 0 Å². The van der Waals surface area contributed by atoms with E-state index in [2.05, 4.69) is 27.7 Å². The molecule has 0 aromatic heterocycles. The Morgan fingerprint density at radius 2 is 0.608 bits per heavy atom. The normalized spacial score (nSPS) is 59.8. The van der Waals surface area contributed by atoms with E-state index >= 15 is 0 Å². The predicted molar refractivity (Wildman–Crippen MR) is 433 cm³/mol. The molecule has 12 fully saturated rings. The van der Waals surface area contributed by atoms with Gasteiger partial charge >= 0.3 is 0 Å². The summed E-state index contributed by atoms with van der Waals surface area (Å²) in [6, 6.07) is 0. The van der Waals surface area contributed by atoms with Gasteiger partial charge in [0.05, 0.1) is 0 Å². The van der Waals surface area contributed by atoms with Gasteiger partial charge < -0.3 is 0 Å². The summed E-state index contributed by atoms with van der Waals surface area (Å²) in [7, 11) is 0. The minimum absolute atomic E-state index is 0.0181. The third-order valence-electron chi connectivity index (χ3n) is 25.1. The first-order valence-corrected chi connectivity index (χ1v) is 39.2. The molecule has 0 heteroatoms. The Balaban J connectivity index is 0.000000235. The molecule has 10 atom stereocenters. The second kappa shape index (κ2) is 34.3. The van der Waals surface area contributed by atoms with Crippen LogP contribution in [0.2, 0.25) is 0 Å². The molecule has 12 saturated carbocycles. The zero-order valence-electron chi connectivity index (χ0n) is 112. The van der Waals surface area contributed by atoms with Crippen LogP contribution in [-0.4, -0.2) is 0 Å². The Morgan fingerprint density at radius 1 is 0.278 bits per heavy atom. The lowest BCUT2D eigenvalue weighted by molar-refractivity contribution is -0.00888. The average molecular weight is 1390 g/mol. The fourth-order valence-corrected chi connectivity index (χ4v) is 18.6. The van der Waals surface area contributed by atoms with E-state index in [1.54, 1.807) is 13.8 Å². The summed E-state index contributed by atoms with van der Waals surface area (Å²) in [6.45, 7) is 42.0. The third-order valence-corrected chi connectivity index (χ3v) is 25.1. The molecule has 0 aromatic carbocycles. The summed E-state index contributed by atoms with van der Waals surface area (Å²) in [4.78, 5) is 0. The predicted octanol–water partition coefficient (Wildman–Crippen LogP) is 32.9. The molecule has 0 bridgehead atoms. The van der Waals surface area contributed by atoms with Crippen molar-refractivity contribution in [2.45, 2.75) is 480 Å². The summed E-state index contributed by atoms with van der Waals surface area (Å²) in [5, 5.41) is 0. The molecule has 570 valence electrons. The minimum atomic E-state index is -4.08. The van der Waals surface area contributed by atoms with Crippen LogP contribution in [-0.2, 0) is 0 Å². The van der Waals surface area contributed by atoms with Crippen molar-refractivity contribution in [3.63, 3.8) is 0 Å². The third kappa shape index (κ3) is 23.0. The maximum Gasteiger partial charge on any atom is 0.0311 e. The van der Waals surface area contributed by atoms with Gasteiger partial charge in [-0.05, 0) is 334 Å². The Labute approximate surface area is 676 Å². The van der Waals surface area contributed by atoms with Crippen molar-refractivity contribution in [3.8, 4) is 0 Å². The van der Waals surface area contributed by atoms with Gasteiger partial charge in [0, 0.05) is 61.7 Å². The van der Waals surface area contributed by atoms with Crippen molar-refractivity contribution in [2.75, 3.05) is 0 Å². The van der Waals surface area contributed by atoms with Gasteiger partial charge in [-0.15, -0.1) is 0 Å². The summed E-state index contributed by atoms with van der Waals surface area (Å²) in [6.07, 6.45) is -23.2. The van der Waals surface area contributed by atoms with Gasteiger partial charge in [-0.1, -0.05) is 282 Å². The van der Waals surface area contributed by atoms with Crippen molar-refractivity contribution in [2.24, 2.45) is 135 Å². The first-order valence-electron chi connectivity index (χ1n) is 61.7. The molecule has 6 spiro atoms. The Morgan fingerprint density at radius 3 is 0.938 bits per heavy atom. The molecule has 0 heterocycles. The van der Waals surface area contributed by atoms with Gasteiger partial charge in [-0.25, -0.2) is 0 Å². The molecular weight excluding hydrogens is 1170 g/mol. The molecule has 97 heavy (non-hydrogen) atoms. The molecule has 0 radical (unpaired) electrons. The smallest absolute Gasteiger partial charge is 0.0311 e. The van der Waals surface area contributed by atoms with E-state index < -0.39 is 211 Å². The SMILES string of the molecule is CC(C)(C)C1(C)CCC2(CCCCCC2)CC1.[2H]C1([2H])C([2H])([2H])C([2H])(C)C([2H])(C)C2(C1([2H])[2H])C([2H])([2H])C([2H])([2H])C([2H])(C(C)(C)C)C([2H])([2H])C2([2H])[2H].[2H]C1([2H])C([2H])([2H])C([2H])([2H])C2(C1([2H])[2H])C([2H])([2H])C([2H])([2H])C([2H])(C(C)(C)C)C([2H])(C)C2([2H])[2H].[2H]C1([2H])CC2(CCCC2)CC([2H])(C)C1([2H])C(C)(C)C.[2H]C1([2H])CC2(CCCCC2)CC([2H])(C)C1([2H])C(C)(C)C.[2H]C1([2H])CC2(CCCCCC2)CC([2H])(C)C1([2H])C(C)(C)C. The lowest BCUT2D eigenvalue weighted by atomic mass is 9.54. The summed E-state index contributed by atoms with van der Waals surface area (Å²) in [5.74, 6) is -22.8. The second-order valence-electron chi connectivity index (χ2n) is 39.6. The molecule has 0 nitrogen and oxygen atoms in total. The van der Waals surface area contributed by atoms with Crippen LogP contribution < -0.4 is 0 Å². The maximum absolute atomic E-state index is 9.00. The van der Waals surface area contributed by atoms with E-state index in [4.69, 9.17) is 61.7 Å². The summed E-state index contributed by atoms with van der Waals surface area (Å²) in [5.41, 5.74) is -11.2. The van der Waals surface area contributed by atoms with Gasteiger partial charge in [-0.2, -0.15) is 0 Å². The fraction of sp³-hybridized carbons (Fsp3) is 1.00. The van der Waals surface area contributed by atoms with Crippen LogP contribution in [0.3, 0.4) is 0 Å². The molecule has 0 saturated heterocycles. The molecule has 0 aromatic rings. The van der Waals surface area contributed by atoms with Crippen LogP contribution in [0.25, 0.3) is 0 Å². The largest absolute Gasteiger partial charge is 0.0622 e. The second-order valence-corrected chi connectivity index (χ2v) is 39.6. The molecule has 12 aliphatic rings. The van der Waals surface area contributed by atoms with Crippen LogP contribution in [0.1, 0.15) is 542 Å². The molecule has 10 unspecified atom stereocenters. The van der Waals surface area contributed by atoms with E-state index in [-0.39, 0.29) is 16.2 Å². The first kappa shape index (κ1) is 40.8. The van der Waals surface area contributed by atoms with Crippen molar-refractivity contribution in [3.05, 3.63) is 0 Å². The molecule has 0 aliphatic heterocycles. The van der Waals surface area contributed by atoms with Gasteiger partial charge in [0.1, 0.15) is 0 Å². The Kier molecular flexibility index (Phi) is 14.4. The van der Waals surface area contributed by atoms with Crippen molar-refractivity contribution < 1.29 is 61.7 Å². The average Bonchev–Trinajstić information content (AvgIpc) is 0.940. The van der Waals surface area contributed by atoms with Crippen LogP contribution in [0.4, 0.5) is 0 Å². The quantitative estimate of drug-likeness (QED) is 0.227. The van der Waals surface area contributed by atoms with Crippen LogP contribution in [0, 0.1) is 135 Å². The number of rotatable bonds is 0. The van der Waals surface area contributed by atoms with Crippen LogP contribution in [0.15, 0.2) is 0 Å². The molecule has 12 rings (SSSR count). The summed E-state index contributed by atoms with van der Waals surface area (Å²) >= 11 is 0. The van der Waals surface area contributed by atoms with Crippen LogP contribution in [0.5, 0.6) is 0 Å². The highest BCUT2D eigenvalue weighted by Gasteiger charge is 2.50. The van der Waals surface area contributed by atoms with E-state index in [1.165, 1.54) is 125 Å². The monoisotopic (exact) mass is 1390 g/mol. The van der Waals surface area contributed by atoms with Gasteiger partial charge in [0.15, 0.2) is 0 Å². The Bertz CT molecular complexity index is 4240. The van der Waals surface area contributed by atoms with E-state index in [0.717, 1.165) is 89.4 Å². The lowest BCUT2D eigenvalue weighted by Gasteiger charge is -2.51. The van der Waals surface area contributed by atoms with Crippen molar-refractivity contribution >= 4 is 0 Å². The lowest BCUT2D eigenvalue weighted by Crippen LogP contribution is -2.41. The van der Waals surface area contributed by atoms with Gasteiger partial charge in [0.2, 0.25) is 0 Å². The highest BCUT2D eigenvalue weighted by atomic mass is 14.6. The fourth-order valence-electron chi connectivity index (χ4n) is 18.6. The highest BCUT2D eigenvalue weighted by Crippen LogP contribution is 2.62. The number of hydrogen-bond donors (Lipinski definition) is 0. The van der Waals surface area contributed by atoms with Crippen molar-refractivity contribution in [1.82, 2.24) is 0 Å². The molecule has 0 amide bonds. The zero-order valence-corrected chi connectivity index (χ0v) is 67.4. The van der Waals surface area contributed by atoms with Crippen molar-refractivity contribution in [1.29, 1.82) is 0 Å². The van der Waals surface area contributed by atoms with E-state index in [1.807, 2.05) is 69.2 Å². The molecular formula is C97H182. The number of hydrogen-bond acceptors (Lipinski definition) is 0. The molecule has 0 N–H and O–H groups in total. The Hall–Kier alpha value is 0. The minimum Gasteiger partial charge on any atom is -0.0622 e. The maximum atomic E-state index is 9.00. The molecule has 12 aliphatic carbocycles. The summed E-state index contributed by atoms with van der Waals surface area (Å²) < 4.78 is 388. The standard InChI is InChI=1S/3C17H32.C16H30.2C15H28/c1-13-7-6-10-17(14(13)2)11-8-15(9-12-17)16(3,4)5;1-14-13-17(10-7-5-6-8-11-17)12-9-15(14)16(2,3)4;1-15(2,3)16(4)11-13-17(14-12-16)9-7-5-6-8-10-17;1-13-12-16(9-6-5-7-10-16)11-8-14(13)15(2,3)4;2*1-12-11-15(8-5-6-9-15)10-7-13(12)14(2,3)4/h13-15H,6-12H2,1-5H3;14-15H,5-13H2,1-4H3;5-14H2,1-4H3;13-14H,5-12H2,1-4H3;2*12-13H,5-11H2,1-4H3/i6D2,7D2,8D2,9D2,10D2,11D2,12D2,13D,14D,15D;9D2,14D,15D;;8D2,13D,14D;5D2,6D2,7D2,8D2,9D2,10D2,11D2,12D,13D;7D2,12D,13D. The zero-order chi connectivity index (χ0) is 112. The van der Waals surface area contributed by atoms with E-state index in [0.29, 0.717) is 63.2 Å². The van der Waals surface area contributed by atoms with Gasteiger partial charge in [-0.3, -0.25) is 0 Å². The topological polar surface area (TPSA) is 0 Å². The van der Waals surface area contributed by atoms with E-state index in [9.17, 15) is 0 Å².